The smallest absolute Gasteiger partial charge is 0.119 e. The molecule has 1 aliphatic heterocycles. The van der Waals surface area contributed by atoms with Crippen molar-refractivity contribution in [2.24, 2.45) is 0 Å². The average molecular weight is 290 g/mol. The van der Waals surface area contributed by atoms with E-state index in [1.807, 2.05) is 30.3 Å². The molecule has 0 atom stereocenters. The molecule has 1 aromatic carbocycles. The minimum atomic E-state index is 0.188. The molecule has 1 N–H and O–H groups in total. The fraction of sp³-hybridized carbons (Fsp3) is 0.667. The molecule has 21 heavy (non-hydrogen) atoms. The Hall–Kier alpha value is -1.06. The van der Waals surface area contributed by atoms with Gasteiger partial charge in [0.2, 0.25) is 0 Å². The van der Waals surface area contributed by atoms with Crippen LogP contribution in [0.1, 0.15) is 40.5 Å². The highest BCUT2D eigenvalue weighted by atomic mass is 16.5. The summed E-state index contributed by atoms with van der Waals surface area (Å²) in [5, 5.41) is 3.78. The zero-order valence-corrected chi connectivity index (χ0v) is 14.0. The first-order valence-corrected chi connectivity index (χ1v) is 8.19. The van der Waals surface area contributed by atoms with Crippen molar-refractivity contribution >= 4 is 0 Å². The topological polar surface area (TPSA) is 24.5 Å². The molecule has 1 fully saturated rings. The van der Waals surface area contributed by atoms with E-state index in [-0.39, 0.29) is 11.1 Å². The number of ether oxygens (including phenoxy) is 1. The molecule has 1 aromatic rings. The van der Waals surface area contributed by atoms with Crippen molar-refractivity contribution in [2.75, 3.05) is 26.2 Å². The van der Waals surface area contributed by atoms with Crippen LogP contribution in [0.4, 0.5) is 0 Å². The SMILES string of the molecule is CCC1(CC)CN(CCOc2ccccc2)C(C)(C)CN1. The van der Waals surface area contributed by atoms with Gasteiger partial charge >= 0.3 is 0 Å². The molecule has 1 heterocycles. The van der Waals surface area contributed by atoms with Crippen molar-refractivity contribution in [1.29, 1.82) is 0 Å². The number of nitrogens with one attached hydrogen (secondary N) is 1. The summed E-state index contributed by atoms with van der Waals surface area (Å²) in [6.45, 7) is 13.1. The summed E-state index contributed by atoms with van der Waals surface area (Å²) in [5.74, 6) is 0.961. The highest BCUT2D eigenvalue weighted by Crippen LogP contribution is 2.27. The van der Waals surface area contributed by atoms with E-state index in [1.54, 1.807) is 0 Å². The van der Waals surface area contributed by atoms with Crippen molar-refractivity contribution in [3.63, 3.8) is 0 Å². The molecule has 0 unspecified atom stereocenters. The Balaban J connectivity index is 1.92. The van der Waals surface area contributed by atoms with Crippen LogP contribution in [-0.4, -0.2) is 42.2 Å². The van der Waals surface area contributed by atoms with Crippen molar-refractivity contribution < 1.29 is 4.74 Å². The minimum Gasteiger partial charge on any atom is -0.492 e. The van der Waals surface area contributed by atoms with Crippen LogP contribution in [0.5, 0.6) is 5.75 Å². The Morgan fingerprint density at radius 2 is 1.81 bits per heavy atom. The molecule has 3 heteroatoms. The second-order valence-electron chi connectivity index (χ2n) is 6.74. The van der Waals surface area contributed by atoms with Gasteiger partial charge in [0, 0.05) is 30.7 Å². The second-order valence-corrected chi connectivity index (χ2v) is 6.74. The average Bonchev–Trinajstić information content (AvgIpc) is 2.50. The number of benzene rings is 1. The van der Waals surface area contributed by atoms with Crippen LogP contribution >= 0.6 is 0 Å². The normalized spacial score (nSPS) is 21.1. The van der Waals surface area contributed by atoms with Gasteiger partial charge < -0.3 is 10.1 Å². The maximum Gasteiger partial charge on any atom is 0.119 e. The Morgan fingerprint density at radius 3 is 2.43 bits per heavy atom. The Bertz CT molecular complexity index is 426. The summed E-state index contributed by atoms with van der Waals surface area (Å²) in [5.41, 5.74) is 0.455. The van der Waals surface area contributed by atoms with Crippen LogP contribution in [-0.2, 0) is 0 Å². The fourth-order valence-corrected chi connectivity index (χ4v) is 3.05. The van der Waals surface area contributed by atoms with Gasteiger partial charge in [-0.05, 0) is 38.8 Å². The zero-order chi connectivity index (χ0) is 15.3. The van der Waals surface area contributed by atoms with E-state index < -0.39 is 0 Å². The van der Waals surface area contributed by atoms with Crippen LogP contribution in [0.3, 0.4) is 0 Å². The van der Waals surface area contributed by atoms with Crippen molar-refractivity contribution in [2.45, 2.75) is 51.6 Å². The van der Waals surface area contributed by atoms with Gasteiger partial charge in [-0.1, -0.05) is 32.0 Å². The monoisotopic (exact) mass is 290 g/mol. The van der Waals surface area contributed by atoms with E-state index in [1.165, 1.54) is 12.8 Å². The zero-order valence-electron chi connectivity index (χ0n) is 14.0. The van der Waals surface area contributed by atoms with Crippen molar-refractivity contribution in [1.82, 2.24) is 10.2 Å². The molecule has 1 aliphatic rings. The van der Waals surface area contributed by atoms with Gasteiger partial charge in [0.15, 0.2) is 0 Å². The summed E-state index contributed by atoms with van der Waals surface area (Å²) in [6, 6.07) is 10.1. The maximum absolute atomic E-state index is 5.88. The minimum absolute atomic E-state index is 0.188. The lowest BCUT2D eigenvalue weighted by atomic mass is 9.85. The van der Waals surface area contributed by atoms with E-state index in [4.69, 9.17) is 4.74 Å². The number of nitrogens with zero attached hydrogens (tertiary/aromatic N) is 1. The predicted molar refractivity (Wildman–Crippen MR) is 88.9 cm³/mol. The quantitative estimate of drug-likeness (QED) is 0.870. The van der Waals surface area contributed by atoms with Crippen LogP contribution in [0.15, 0.2) is 30.3 Å². The molecule has 0 amide bonds. The third kappa shape index (κ3) is 3.98. The van der Waals surface area contributed by atoms with Crippen LogP contribution in [0.25, 0.3) is 0 Å². The molecule has 1 saturated heterocycles. The molecule has 3 nitrogen and oxygen atoms in total. The molecule has 2 rings (SSSR count). The third-order valence-electron chi connectivity index (χ3n) is 4.97. The van der Waals surface area contributed by atoms with Gasteiger partial charge in [0.25, 0.3) is 0 Å². The highest BCUT2D eigenvalue weighted by Gasteiger charge is 2.40. The molecule has 0 saturated carbocycles. The Morgan fingerprint density at radius 1 is 1.14 bits per heavy atom. The largest absolute Gasteiger partial charge is 0.492 e. The highest BCUT2D eigenvalue weighted by molar-refractivity contribution is 5.20. The molecule has 0 aromatic heterocycles. The van der Waals surface area contributed by atoms with Crippen molar-refractivity contribution in [3.8, 4) is 5.75 Å². The molecular weight excluding hydrogens is 260 g/mol. The lowest BCUT2D eigenvalue weighted by Crippen LogP contribution is -2.68. The Labute approximate surface area is 129 Å². The third-order valence-corrected chi connectivity index (χ3v) is 4.97. The van der Waals surface area contributed by atoms with Gasteiger partial charge in [0.05, 0.1) is 0 Å². The first-order valence-electron chi connectivity index (χ1n) is 8.19. The van der Waals surface area contributed by atoms with E-state index >= 15 is 0 Å². The standard InChI is InChI=1S/C18H30N2O/c1-5-18(6-2)15-20(17(3,4)14-19-18)12-13-21-16-10-8-7-9-11-16/h7-11,19H,5-6,12-15H2,1-4H3. The second kappa shape index (κ2) is 6.80. The lowest BCUT2D eigenvalue weighted by Gasteiger charge is -2.51. The molecule has 0 radical (unpaired) electrons. The van der Waals surface area contributed by atoms with Crippen LogP contribution < -0.4 is 10.1 Å². The molecule has 118 valence electrons. The maximum atomic E-state index is 5.88. The number of para-hydroxylation sites is 1. The Kier molecular flexibility index (Phi) is 5.28. The van der Waals surface area contributed by atoms with Gasteiger partial charge in [-0.2, -0.15) is 0 Å². The molecular formula is C18H30N2O. The number of hydrogen-bond acceptors (Lipinski definition) is 3. The summed E-state index contributed by atoms with van der Waals surface area (Å²) < 4.78 is 5.88. The molecule has 0 aliphatic carbocycles. The fourth-order valence-electron chi connectivity index (χ4n) is 3.05. The first kappa shape index (κ1) is 16.3. The van der Waals surface area contributed by atoms with Crippen LogP contribution in [0.2, 0.25) is 0 Å². The van der Waals surface area contributed by atoms with Gasteiger partial charge in [0.1, 0.15) is 12.4 Å². The number of piperazine rings is 1. The summed E-state index contributed by atoms with van der Waals surface area (Å²) >= 11 is 0. The molecule has 0 bridgehead atoms. The first-order chi connectivity index (χ1) is 10.0. The van der Waals surface area contributed by atoms with E-state index in [2.05, 4.69) is 37.9 Å². The van der Waals surface area contributed by atoms with Gasteiger partial charge in [-0.25, -0.2) is 0 Å². The van der Waals surface area contributed by atoms with Gasteiger partial charge in [-0.15, -0.1) is 0 Å². The summed E-state index contributed by atoms with van der Waals surface area (Å²) in [4.78, 5) is 2.58. The van der Waals surface area contributed by atoms with E-state index in [9.17, 15) is 0 Å². The number of hydrogen-bond donors (Lipinski definition) is 1. The number of rotatable bonds is 6. The summed E-state index contributed by atoms with van der Waals surface area (Å²) in [7, 11) is 0. The van der Waals surface area contributed by atoms with Gasteiger partial charge in [-0.3, -0.25) is 4.90 Å². The molecule has 0 spiro atoms. The lowest BCUT2D eigenvalue weighted by molar-refractivity contribution is 0.0139. The predicted octanol–water partition coefficient (Wildman–Crippen LogP) is 3.31. The van der Waals surface area contributed by atoms with E-state index in [0.717, 1.165) is 32.0 Å². The summed E-state index contributed by atoms with van der Waals surface area (Å²) in [6.07, 6.45) is 2.35. The van der Waals surface area contributed by atoms with Crippen LogP contribution in [0, 0.1) is 0 Å². The van der Waals surface area contributed by atoms with Crippen molar-refractivity contribution in [3.05, 3.63) is 30.3 Å². The van der Waals surface area contributed by atoms with E-state index in [0.29, 0.717) is 0 Å².